The van der Waals surface area contributed by atoms with E-state index in [1.54, 1.807) is 22.3 Å². The number of nitrogens with one attached hydrogen (secondary N) is 2. The highest BCUT2D eigenvalue weighted by Gasteiger charge is 2.22. The standard InChI is InChI=1S/C31H37N9O2S/c1-31(2,3)26-17-27(40(37-26)10-9-39-11-13-42-14-12-39)36-28(41)15-21-5-7-23(8-6-21)35-30-29-24(32-20-33-30)16-25(43-29)22-18-34-38(4)19-22/h5-8,16-20H,9-15H2,1-4H3,(H,36,41)(H,32,33,35). The molecule has 224 valence electrons. The molecule has 0 aliphatic carbocycles. The lowest BCUT2D eigenvalue weighted by atomic mass is 9.92. The molecule has 0 atom stereocenters. The summed E-state index contributed by atoms with van der Waals surface area (Å²) in [6, 6.07) is 11.9. The monoisotopic (exact) mass is 599 g/mol. The van der Waals surface area contributed by atoms with Gasteiger partial charge in [-0.25, -0.2) is 14.6 Å². The van der Waals surface area contributed by atoms with Gasteiger partial charge < -0.3 is 15.4 Å². The molecule has 0 unspecified atom stereocenters. The first kappa shape index (κ1) is 29.0. The van der Waals surface area contributed by atoms with Gasteiger partial charge in [0.15, 0.2) is 5.82 Å². The van der Waals surface area contributed by atoms with Crippen molar-refractivity contribution in [2.75, 3.05) is 43.5 Å². The fourth-order valence-corrected chi connectivity index (χ4v) is 5.99. The van der Waals surface area contributed by atoms with Gasteiger partial charge in [-0.15, -0.1) is 11.3 Å². The first-order valence-corrected chi connectivity index (χ1v) is 15.3. The van der Waals surface area contributed by atoms with Gasteiger partial charge in [-0.1, -0.05) is 32.9 Å². The van der Waals surface area contributed by atoms with Crippen molar-refractivity contribution in [3.05, 3.63) is 66.4 Å². The number of aromatic nitrogens is 6. The Morgan fingerprint density at radius 2 is 1.86 bits per heavy atom. The SMILES string of the molecule is Cn1cc(-c2cc3ncnc(Nc4ccc(CC(=O)Nc5cc(C(C)(C)C)nn5CCN5CCOCC5)cc4)c3s2)cn1. The Morgan fingerprint density at radius 1 is 1.07 bits per heavy atom. The molecule has 0 saturated carbocycles. The summed E-state index contributed by atoms with van der Waals surface area (Å²) < 4.78 is 10.2. The van der Waals surface area contributed by atoms with E-state index in [0.717, 1.165) is 82.1 Å². The van der Waals surface area contributed by atoms with Crippen molar-refractivity contribution in [3.63, 3.8) is 0 Å². The smallest absolute Gasteiger partial charge is 0.229 e. The van der Waals surface area contributed by atoms with Crippen molar-refractivity contribution in [2.45, 2.75) is 39.2 Å². The third kappa shape index (κ3) is 6.93. The molecule has 12 heteroatoms. The number of carbonyl (C=O) groups excluding carboxylic acids is 1. The van der Waals surface area contributed by atoms with Crippen molar-refractivity contribution in [3.8, 4) is 10.4 Å². The number of anilines is 3. The minimum atomic E-state index is -0.120. The normalized spacial score (nSPS) is 14.3. The van der Waals surface area contributed by atoms with Crippen molar-refractivity contribution >= 4 is 44.8 Å². The third-order valence-electron chi connectivity index (χ3n) is 7.43. The summed E-state index contributed by atoms with van der Waals surface area (Å²) in [5.41, 5.74) is 4.57. The van der Waals surface area contributed by atoms with E-state index in [2.05, 4.69) is 57.4 Å². The van der Waals surface area contributed by atoms with Gasteiger partial charge in [0.1, 0.15) is 12.1 Å². The number of morpholine rings is 1. The molecule has 1 saturated heterocycles. The molecule has 2 N–H and O–H groups in total. The molecule has 5 heterocycles. The molecule has 11 nitrogen and oxygen atoms in total. The van der Waals surface area contributed by atoms with Crippen LogP contribution in [0.3, 0.4) is 0 Å². The Hall–Kier alpha value is -4.13. The van der Waals surface area contributed by atoms with E-state index in [1.165, 1.54) is 0 Å². The van der Waals surface area contributed by atoms with E-state index in [-0.39, 0.29) is 17.7 Å². The number of fused-ring (bicyclic) bond motifs is 1. The highest BCUT2D eigenvalue weighted by Crippen LogP contribution is 2.36. The molecule has 0 bridgehead atoms. The molecule has 5 aromatic rings. The van der Waals surface area contributed by atoms with Gasteiger partial charge >= 0.3 is 0 Å². The summed E-state index contributed by atoms with van der Waals surface area (Å²) in [6.07, 6.45) is 5.67. The molecular formula is C31H37N9O2S. The number of thiophene rings is 1. The maximum atomic E-state index is 13.1. The minimum absolute atomic E-state index is 0.0762. The Labute approximate surface area is 254 Å². The third-order valence-corrected chi connectivity index (χ3v) is 8.61. The maximum absolute atomic E-state index is 13.1. The molecule has 1 fully saturated rings. The Kier molecular flexibility index (Phi) is 8.24. The molecule has 0 radical (unpaired) electrons. The summed E-state index contributed by atoms with van der Waals surface area (Å²) in [7, 11) is 1.91. The zero-order chi connectivity index (χ0) is 30.0. The fraction of sp³-hybridized carbons (Fsp3) is 0.387. The largest absolute Gasteiger partial charge is 0.379 e. The number of carbonyl (C=O) groups is 1. The van der Waals surface area contributed by atoms with Crippen molar-refractivity contribution in [2.24, 2.45) is 7.05 Å². The molecular weight excluding hydrogens is 562 g/mol. The van der Waals surface area contributed by atoms with Crippen molar-refractivity contribution in [1.82, 2.24) is 34.4 Å². The van der Waals surface area contributed by atoms with Gasteiger partial charge in [-0.05, 0) is 23.8 Å². The second-order valence-electron chi connectivity index (χ2n) is 11.8. The Balaban J connectivity index is 1.11. The fourth-order valence-electron chi connectivity index (χ4n) is 4.96. The van der Waals surface area contributed by atoms with Crippen LogP contribution in [-0.2, 0) is 35.0 Å². The van der Waals surface area contributed by atoms with Crippen LogP contribution in [0.15, 0.2) is 55.1 Å². The van der Waals surface area contributed by atoms with Crippen molar-refractivity contribution < 1.29 is 9.53 Å². The quantitative estimate of drug-likeness (QED) is 0.247. The molecule has 6 rings (SSSR count). The molecule has 1 amide bonds. The number of ether oxygens (including phenoxy) is 1. The average molecular weight is 600 g/mol. The number of nitrogens with zero attached hydrogens (tertiary/aromatic N) is 7. The summed E-state index contributed by atoms with van der Waals surface area (Å²) in [4.78, 5) is 25.5. The van der Waals surface area contributed by atoms with E-state index in [4.69, 9.17) is 9.84 Å². The molecule has 1 aromatic carbocycles. The lowest BCUT2D eigenvalue weighted by Crippen LogP contribution is -2.38. The topological polar surface area (TPSA) is 115 Å². The van der Waals surface area contributed by atoms with Gasteiger partial charge in [0, 0.05) is 60.5 Å². The lowest BCUT2D eigenvalue weighted by Gasteiger charge is -2.26. The molecule has 0 spiro atoms. The van der Waals surface area contributed by atoms with E-state index in [1.807, 2.05) is 54.5 Å². The average Bonchev–Trinajstić information content (AvgIpc) is 3.72. The molecule has 4 aromatic heterocycles. The van der Waals surface area contributed by atoms with Crippen molar-refractivity contribution in [1.29, 1.82) is 0 Å². The number of rotatable bonds is 9. The second kappa shape index (κ2) is 12.2. The first-order chi connectivity index (χ1) is 20.7. The van der Waals surface area contributed by atoms with Gasteiger partial charge in [-0.3, -0.25) is 14.4 Å². The number of hydrogen-bond acceptors (Lipinski definition) is 9. The van der Waals surface area contributed by atoms with Crippen LogP contribution in [0.2, 0.25) is 0 Å². The number of benzene rings is 1. The molecule has 1 aliphatic heterocycles. The number of hydrogen-bond donors (Lipinski definition) is 2. The predicted molar refractivity (Wildman–Crippen MR) is 170 cm³/mol. The van der Waals surface area contributed by atoms with Crippen LogP contribution in [0.1, 0.15) is 32.0 Å². The summed E-state index contributed by atoms with van der Waals surface area (Å²) in [5, 5.41) is 15.6. The van der Waals surface area contributed by atoms with Crippen LogP contribution >= 0.6 is 11.3 Å². The van der Waals surface area contributed by atoms with E-state index in [0.29, 0.717) is 6.54 Å². The minimum Gasteiger partial charge on any atom is -0.379 e. The summed E-state index contributed by atoms with van der Waals surface area (Å²) in [5.74, 6) is 1.40. The molecule has 1 aliphatic rings. The van der Waals surface area contributed by atoms with Crippen LogP contribution in [0.4, 0.5) is 17.3 Å². The molecule has 43 heavy (non-hydrogen) atoms. The zero-order valence-corrected chi connectivity index (χ0v) is 25.8. The Morgan fingerprint density at radius 3 is 2.58 bits per heavy atom. The summed E-state index contributed by atoms with van der Waals surface area (Å²) in [6.45, 7) is 11.3. The van der Waals surface area contributed by atoms with Gasteiger partial charge in [0.05, 0.1) is 48.3 Å². The highest BCUT2D eigenvalue weighted by molar-refractivity contribution is 7.22. The van der Waals surface area contributed by atoms with Crippen LogP contribution in [0, 0.1) is 0 Å². The van der Waals surface area contributed by atoms with Crippen LogP contribution in [-0.4, -0.2) is 73.2 Å². The predicted octanol–water partition coefficient (Wildman–Crippen LogP) is 4.84. The summed E-state index contributed by atoms with van der Waals surface area (Å²) >= 11 is 1.63. The van der Waals surface area contributed by atoms with E-state index >= 15 is 0 Å². The zero-order valence-electron chi connectivity index (χ0n) is 25.0. The van der Waals surface area contributed by atoms with E-state index in [9.17, 15) is 4.79 Å². The second-order valence-corrected chi connectivity index (χ2v) is 12.9. The van der Waals surface area contributed by atoms with Crippen LogP contribution in [0.25, 0.3) is 20.7 Å². The number of aryl methyl sites for hydroxylation is 1. The number of amides is 1. The lowest BCUT2D eigenvalue weighted by molar-refractivity contribution is -0.115. The Bertz CT molecular complexity index is 1710. The van der Waals surface area contributed by atoms with Gasteiger partial charge in [0.2, 0.25) is 5.91 Å². The van der Waals surface area contributed by atoms with Gasteiger partial charge in [-0.2, -0.15) is 10.2 Å². The first-order valence-electron chi connectivity index (χ1n) is 14.5. The maximum Gasteiger partial charge on any atom is 0.229 e. The van der Waals surface area contributed by atoms with E-state index < -0.39 is 0 Å². The highest BCUT2D eigenvalue weighted by atomic mass is 32.1. The van der Waals surface area contributed by atoms with Crippen LogP contribution in [0.5, 0.6) is 0 Å². The van der Waals surface area contributed by atoms with Crippen LogP contribution < -0.4 is 10.6 Å². The van der Waals surface area contributed by atoms with Gasteiger partial charge in [0.25, 0.3) is 0 Å².